The molecule has 138 valence electrons. The predicted molar refractivity (Wildman–Crippen MR) is 110 cm³/mol. The Hall–Kier alpha value is -3.05. The summed E-state index contributed by atoms with van der Waals surface area (Å²) in [4.78, 5) is 27.8. The van der Waals surface area contributed by atoms with Crippen LogP contribution in [-0.2, 0) is 15.3 Å². The highest BCUT2D eigenvalue weighted by atomic mass is 79.9. The first kappa shape index (κ1) is 18.3. The predicted octanol–water partition coefficient (Wildman–Crippen LogP) is 5.23. The first-order chi connectivity index (χ1) is 13.5. The standard InChI is InChI=1S/C23H15BrFNO2/c24-19-20(16-10-4-1-5-11-16)26(18-14-8-3-9-15-18)22(28)23(25,21(19)27)17-12-6-2-7-13-17/h1-15H. The molecule has 1 aliphatic rings. The number of ketones is 1. The van der Waals surface area contributed by atoms with Gasteiger partial charge in [0.15, 0.2) is 0 Å². The van der Waals surface area contributed by atoms with Gasteiger partial charge in [0.1, 0.15) is 0 Å². The van der Waals surface area contributed by atoms with Crippen LogP contribution in [0.15, 0.2) is 95.5 Å². The maximum absolute atomic E-state index is 16.2. The van der Waals surface area contributed by atoms with Crippen molar-refractivity contribution in [1.29, 1.82) is 0 Å². The zero-order chi connectivity index (χ0) is 19.7. The number of para-hydroxylation sites is 1. The highest BCUT2D eigenvalue weighted by molar-refractivity contribution is 9.12. The van der Waals surface area contributed by atoms with Crippen molar-refractivity contribution in [1.82, 2.24) is 0 Å². The van der Waals surface area contributed by atoms with Crippen LogP contribution in [0.4, 0.5) is 10.1 Å². The van der Waals surface area contributed by atoms with E-state index in [0.29, 0.717) is 16.9 Å². The van der Waals surface area contributed by atoms with E-state index >= 15 is 4.39 Å². The number of amides is 1. The van der Waals surface area contributed by atoms with Gasteiger partial charge in [-0.15, -0.1) is 0 Å². The van der Waals surface area contributed by atoms with Gasteiger partial charge in [-0.05, 0) is 33.6 Å². The largest absolute Gasteiger partial charge is 0.289 e. The number of anilines is 1. The molecule has 0 N–H and O–H groups in total. The van der Waals surface area contributed by atoms with E-state index in [1.165, 1.54) is 17.0 Å². The van der Waals surface area contributed by atoms with E-state index in [1.54, 1.807) is 66.7 Å². The molecule has 3 aromatic carbocycles. The molecule has 1 amide bonds. The van der Waals surface area contributed by atoms with Gasteiger partial charge in [0.05, 0.1) is 10.2 Å². The summed E-state index contributed by atoms with van der Waals surface area (Å²) in [6.45, 7) is 0. The molecule has 0 aliphatic carbocycles. The molecule has 1 atom stereocenters. The quantitative estimate of drug-likeness (QED) is 0.528. The molecule has 0 aromatic heterocycles. The summed E-state index contributed by atoms with van der Waals surface area (Å²) in [6.07, 6.45) is 0. The summed E-state index contributed by atoms with van der Waals surface area (Å²) in [6, 6.07) is 25.6. The van der Waals surface area contributed by atoms with Gasteiger partial charge in [-0.1, -0.05) is 78.9 Å². The second-order valence-corrected chi connectivity index (χ2v) is 7.15. The number of hydrogen-bond acceptors (Lipinski definition) is 2. The molecular formula is C23H15BrFNO2. The Morgan fingerprint density at radius 1 is 0.750 bits per heavy atom. The van der Waals surface area contributed by atoms with Crippen LogP contribution in [-0.4, -0.2) is 11.7 Å². The van der Waals surface area contributed by atoms with Crippen molar-refractivity contribution in [3.05, 3.63) is 107 Å². The fourth-order valence-electron chi connectivity index (χ4n) is 3.31. The number of hydrogen-bond donors (Lipinski definition) is 0. The van der Waals surface area contributed by atoms with Crippen molar-refractivity contribution in [2.45, 2.75) is 5.67 Å². The van der Waals surface area contributed by atoms with E-state index in [0.717, 1.165) is 0 Å². The number of carbonyl (C=O) groups excluding carboxylic acids is 2. The summed E-state index contributed by atoms with van der Waals surface area (Å²) < 4.78 is 16.2. The van der Waals surface area contributed by atoms with Crippen molar-refractivity contribution in [3.63, 3.8) is 0 Å². The molecule has 0 radical (unpaired) electrons. The smallest absolute Gasteiger partial charge is 0.282 e. The van der Waals surface area contributed by atoms with E-state index in [1.807, 2.05) is 12.1 Å². The summed E-state index contributed by atoms with van der Waals surface area (Å²) in [5, 5.41) is 0. The summed E-state index contributed by atoms with van der Waals surface area (Å²) >= 11 is 3.29. The molecule has 3 aromatic rings. The third-order valence-corrected chi connectivity index (χ3v) is 5.41. The second kappa shape index (κ2) is 7.17. The van der Waals surface area contributed by atoms with Gasteiger partial charge in [0.2, 0.25) is 5.78 Å². The van der Waals surface area contributed by atoms with Crippen molar-refractivity contribution in [2.24, 2.45) is 0 Å². The Bertz CT molecular complexity index is 1070. The minimum atomic E-state index is -2.81. The fraction of sp³-hybridized carbons (Fsp3) is 0.0435. The van der Waals surface area contributed by atoms with Crippen LogP contribution in [0.2, 0.25) is 0 Å². The molecule has 5 heteroatoms. The maximum Gasteiger partial charge on any atom is 0.282 e. The van der Waals surface area contributed by atoms with Crippen molar-refractivity contribution in [3.8, 4) is 0 Å². The number of Topliss-reactive ketones (excluding diaryl/α,β-unsaturated/α-hetero) is 1. The first-order valence-corrected chi connectivity index (χ1v) is 9.48. The van der Waals surface area contributed by atoms with Gasteiger partial charge >= 0.3 is 0 Å². The molecule has 4 rings (SSSR count). The van der Waals surface area contributed by atoms with Gasteiger partial charge in [-0.2, -0.15) is 0 Å². The Balaban J connectivity index is 2.00. The minimum Gasteiger partial charge on any atom is -0.289 e. The van der Waals surface area contributed by atoms with Crippen molar-refractivity contribution < 1.29 is 14.0 Å². The SMILES string of the molecule is O=C1C(Br)=C(c2ccccc2)N(c2ccccc2)C(=O)C1(F)c1ccccc1. The second-order valence-electron chi connectivity index (χ2n) is 6.36. The normalized spacial score (nSPS) is 19.9. The number of allylic oxidation sites excluding steroid dienone is 1. The Morgan fingerprint density at radius 2 is 1.25 bits per heavy atom. The van der Waals surface area contributed by atoms with E-state index in [4.69, 9.17) is 0 Å². The summed E-state index contributed by atoms with van der Waals surface area (Å²) in [5.74, 6) is -1.84. The summed E-state index contributed by atoms with van der Waals surface area (Å²) in [5.41, 5.74) is -1.36. The number of alkyl halides is 1. The number of halogens is 2. The van der Waals surface area contributed by atoms with Crippen LogP contribution in [0.1, 0.15) is 11.1 Å². The monoisotopic (exact) mass is 435 g/mol. The lowest BCUT2D eigenvalue weighted by molar-refractivity contribution is -0.141. The van der Waals surface area contributed by atoms with Crippen molar-refractivity contribution >= 4 is 39.0 Å². The van der Waals surface area contributed by atoms with E-state index < -0.39 is 17.4 Å². The van der Waals surface area contributed by atoms with Crippen molar-refractivity contribution in [2.75, 3.05) is 4.90 Å². The molecule has 28 heavy (non-hydrogen) atoms. The Labute approximate surface area is 170 Å². The minimum absolute atomic E-state index is 0.00925. The highest BCUT2D eigenvalue weighted by Crippen LogP contribution is 2.45. The van der Waals surface area contributed by atoms with Gasteiger partial charge in [0.25, 0.3) is 11.6 Å². The Morgan fingerprint density at radius 3 is 1.82 bits per heavy atom. The topological polar surface area (TPSA) is 37.4 Å². The molecule has 0 saturated carbocycles. The van der Waals surface area contributed by atoms with Gasteiger partial charge in [0, 0.05) is 11.3 Å². The van der Waals surface area contributed by atoms with Crippen LogP contribution in [0.5, 0.6) is 0 Å². The highest BCUT2D eigenvalue weighted by Gasteiger charge is 2.56. The zero-order valence-electron chi connectivity index (χ0n) is 14.7. The lowest BCUT2D eigenvalue weighted by Gasteiger charge is -2.37. The number of rotatable bonds is 3. The van der Waals surface area contributed by atoms with Gasteiger partial charge in [-0.3, -0.25) is 14.5 Å². The van der Waals surface area contributed by atoms with Gasteiger partial charge in [-0.25, -0.2) is 4.39 Å². The Kier molecular flexibility index (Phi) is 4.69. The molecule has 1 aliphatic heterocycles. The number of benzene rings is 3. The van der Waals surface area contributed by atoms with E-state index in [2.05, 4.69) is 15.9 Å². The average Bonchev–Trinajstić information content (AvgIpc) is 2.76. The molecule has 1 heterocycles. The van der Waals surface area contributed by atoms with Crippen LogP contribution in [0.25, 0.3) is 5.70 Å². The number of nitrogens with zero attached hydrogens (tertiary/aromatic N) is 1. The van der Waals surface area contributed by atoms with E-state index in [-0.39, 0.29) is 10.0 Å². The average molecular weight is 436 g/mol. The molecule has 3 nitrogen and oxygen atoms in total. The molecule has 0 saturated heterocycles. The lowest BCUT2D eigenvalue weighted by Crippen LogP contribution is -2.52. The first-order valence-electron chi connectivity index (χ1n) is 8.69. The van der Waals surface area contributed by atoms with Crippen LogP contribution >= 0.6 is 15.9 Å². The molecular weight excluding hydrogens is 421 g/mol. The molecule has 0 fully saturated rings. The zero-order valence-corrected chi connectivity index (χ0v) is 16.3. The molecule has 0 spiro atoms. The van der Waals surface area contributed by atoms with Gasteiger partial charge < -0.3 is 0 Å². The fourth-order valence-corrected chi connectivity index (χ4v) is 3.99. The number of carbonyl (C=O) groups is 2. The van der Waals surface area contributed by atoms with Crippen LogP contribution in [0.3, 0.4) is 0 Å². The summed E-state index contributed by atoms with van der Waals surface area (Å²) in [7, 11) is 0. The van der Waals surface area contributed by atoms with E-state index in [9.17, 15) is 9.59 Å². The third kappa shape index (κ3) is 2.79. The maximum atomic E-state index is 16.2. The molecule has 1 unspecified atom stereocenters. The lowest BCUT2D eigenvalue weighted by atomic mass is 9.85. The van der Waals surface area contributed by atoms with Crippen LogP contribution < -0.4 is 4.90 Å². The third-order valence-electron chi connectivity index (χ3n) is 4.67. The molecule has 0 bridgehead atoms. The van der Waals surface area contributed by atoms with Crippen LogP contribution in [0, 0.1) is 0 Å².